The topological polar surface area (TPSA) is 96.4 Å². The minimum absolute atomic E-state index is 0.0414. The molecule has 0 saturated carbocycles. The summed E-state index contributed by atoms with van der Waals surface area (Å²) in [6.45, 7) is 0. The molecule has 1 aromatic heterocycles. The maximum atomic E-state index is 11.3. The number of halogens is 1. The predicted octanol–water partition coefficient (Wildman–Crippen LogP) is 1.03. The van der Waals surface area contributed by atoms with Gasteiger partial charge < -0.3 is 10.4 Å². The average Bonchev–Trinajstić information content (AvgIpc) is 2.60. The van der Waals surface area contributed by atoms with Crippen LogP contribution in [0.2, 0.25) is 5.02 Å². The molecule has 0 radical (unpaired) electrons. The highest BCUT2D eigenvalue weighted by Crippen LogP contribution is 2.20. The third-order valence-electron chi connectivity index (χ3n) is 2.63. The van der Waals surface area contributed by atoms with Crippen molar-refractivity contribution in [3.63, 3.8) is 0 Å². The van der Waals surface area contributed by atoms with Gasteiger partial charge in [0.1, 0.15) is 5.82 Å². The Morgan fingerprint density at radius 3 is 2.78 bits per heavy atom. The number of aromatic carboxylic acids is 1. The molecule has 98 valence electrons. The Kier molecular flexibility index (Phi) is 3.45. The third kappa shape index (κ3) is 2.91. The van der Waals surface area contributed by atoms with Crippen LogP contribution in [0, 0.1) is 0 Å². The number of hydrogen-bond donors (Lipinski definition) is 2. The quantitative estimate of drug-likeness (QED) is 0.863. The summed E-state index contributed by atoms with van der Waals surface area (Å²) in [5.74, 6) is -0.717. The van der Waals surface area contributed by atoms with Crippen LogP contribution < -0.4 is 5.32 Å². The zero-order valence-electron chi connectivity index (χ0n) is 9.26. The number of nitrogens with one attached hydrogen (secondary N) is 1. The van der Waals surface area contributed by atoms with E-state index in [-0.39, 0.29) is 28.3 Å². The molecule has 1 aliphatic heterocycles. The van der Waals surface area contributed by atoms with Crippen LogP contribution >= 0.6 is 11.6 Å². The molecular weight excluding hydrogens is 280 g/mol. The third-order valence-corrected chi connectivity index (χ3v) is 4.71. The molecule has 1 atom stereocenters. The number of hydrogen-bond acceptors (Lipinski definition) is 5. The Labute approximate surface area is 109 Å². The molecule has 0 aliphatic carbocycles. The first kappa shape index (κ1) is 13.1. The number of rotatable bonds is 3. The Hall–Kier alpha value is -1.34. The number of anilines is 1. The van der Waals surface area contributed by atoms with E-state index in [1.54, 1.807) is 0 Å². The molecule has 2 rings (SSSR count). The lowest BCUT2D eigenvalue weighted by atomic mass is 10.2. The molecule has 6 nitrogen and oxygen atoms in total. The SMILES string of the molecule is O=C(O)c1nc(NC2CCS(=O)(=O)C2)ccc1Cl. The highest BCUT2D eigenvalue weighted by Gasteiger charge is 2.28. The fourth-order valence-corrected chi connectivity index (χ4v) is 3.65. The van der Waals surface area contributed by atoms with Crippen molar-refractivity contribution >= 4 is 33.2 Å². The van der Waals surface area contributed by atoms with Crippen molar-refractivity contribution in [1.29, 1.82) is 0 Å². The smallest absolute Gasteiger partial charge is 0.356 e. The Balaban J connectivity index is 2.16. The van der Waals surface area contributed by atoms with Gasteiger partial charge in [0.15, 0.2) is 15.5 Å². The lowest BCUT2D eigenvalue weighted by Crippen LogP contribution is -2.21. The van der Waals surface area contributed by atoms with E-state index in [2.05, 4.69) is 10.3 Å². The van der Waals surface area contributed by atoms with Crippen LogP contribution in [0.25, 0.3) is 0 Å². The van der Waals surface area contributed by atoms with Gasteiger partial charge in [0.25, 0.3) is 0 Å². The number of nitrogens with zero attached hydrogens (tertiary/aromatic N) is 1. The highest BCUT2D eigenvalue weighted by molar-refractivity contribution is 7.91. The second-order valence-corrected chi connectivity index (χ2v) is 6.71. The second-order valence-electron chi connectivity index (χ2n) is 4.08. The number of carbonyl (C=O) groups is 1. The first-order valence-corrected chi connectivity index (χ1v) is 7.44. The monoisotopic (exact) mass is 290 g/mol. The highest BCUT2D eigenvalue weighted by atomic mass is 35.5. The average molecular weight is 291 g/mol. The van der Waals surface area contributed by atoms with Gasteiger partial charge in [0.05, 0.1) is 16.5 Å². The van der Waals surface area contributed by atoms with Gasteiger partial charge in [-0.25, -0.2) is 18.2 Å². The van der Waals surface area contributed by atoms with E-state index in [4.69, 9.17) is 16.7 Å². The van der Waals surface area contributed by atoms with Crippen LogP contribution in [-0.4, -0.2) is 42.0 Å². The van der Waals surface area contributed by atoms with Crippen molar-refractivity contribution in [2.45, 2.75) is 12.5 Å². The molecule has 0 aromatic carbocycles. The van der Waals surface area contributed by atoms with Crippen LogP contribution in [0.4, 0.5) is 5.82 Å². The van der Waals surface area contributed by atoms with Gasteiger partial charge in [-0.3, -0.25) is 0 Å². The fourth-order valence-electron chi connectivity index (χ4n) is 1.79. The molecule has 1 saturated heterocycles. The first-order chi connectivity index (χ1) is 8.37. The van der Waals surface area contributed by atoms with Crippen molar-refractivity contribution in [3.05, 3.63) is 22.8 Å². The summed E-state index contributed by atoms with van der Waals surface area (Å²) in [5.41, 5.74) is -0.248. The molecule has 8 heteroatoms. The first-order valence-electron chi connectivity index (χ1n) is 5.24. The Morgan fingerprint density at radius 2 is 2.22 bits per heavy atom. The van der Waals surface area contributed by atoms with Crippen molar-refractivity contribution in [1.82, 2.24) is 4.98 Å². The minimum atomic E-state index is -2.98. The Morgan fingerprint density at radius 1 is 1.50 bits per heavy atom. The molecule has 0 bridgehead atoms. The molecule has 1 aliphatic rings. The fraction of sp³-hybridized carbons (Fsp3) is 0.400. The van der Waals surface area contributed by atoms with Gasteiger partial charge >= 0.3 is 5.97 Å². The molecule has 18 heavy (non-hydrogen) atoms. The number of pyridine rings is 1. The van der Waals surface area contributed by atoms with Crippen molar-refractivity contribution in [2.24, 2.45) is 0 Å². The zero-order chi connectivity index (χ0) is 13.3. The molecule has 1 fully saturated rings. The molecule has 0 spiro atoms. The summed E-state index contributed by atoms with van der Waals surface area (Å²) in [5, 5.41) is 11.8. The van der Waals surface area contributed by atoms with Gasteiger partial charge in [-0.1, -0.05) is 11.6 Å². The molecule has 0 amide bonds. The van der Waals surface area contributed by atoms with E-state index >= 15 is 0 Å². The Bertz CT molecular complexity index is 588. The van der Waals surface area contributed by atoms with E-state index in [0.29, 0.717) is 12.2 Å². The van der Waals surface area contributed by atoms with Gasteiger partial charge in [-0.05, 0) is 18.6 Å². The summed E-state index contributed by atoms with van der Waals surface area (Å²) in [7, 11) is -2.98. The molecule has 2 heterocycles. The zero-order valence-corrected chi connectivity index (χ0v) is 10.8. The number of sulfone groups is 1. The number of carboxylic acid groups (broad SMARTS) is 1. The van der Waals surface area contributed by atoms with Crippen LogP contribution in [0.5, 0.6) is 0 Å². The summed E-state index contributed by atoms with van der Waals surface area (Å²) in [4.78, 5) is 14.7. The van der Waals surface area contributed by atoms with Crippen LogP contribution in [0.15, 0.2) is 12.1 Å². The second kappa shape index (κ2) is 4.74. The lowest BCUT2D eigenvalue weighted by Gasteiger charge is -2.12. The van der Waals surface area contributed by atoms with E-state index < -0.39 is 15.8 Å². The van der Waals surface area contributed by atoms with Gasteiger partial charge in [0, 0.05) is 6.04 Å². The van der Waals surface area contributed by atoms with E-state index in [1.807, 2.05) is 0 Å². The van der Waals surface area contributed by atoms with Crippen molar-refractivity contribution in [2.75, 3.05) is 16.8 Å². The van der Waals surface area contributed by atoms with Gasteiger partial charge in [0.2, 0.25) is 0 Å². The summed E-state index contributed by atoms with van der Waals surface area (Å²) < 4.78 is 22.6. The van der Waals surface area contributed by atoms with E-state index in [0.717, 1.165) is 0 Å². The molecular formula is C10H11ClN2O4S. The lowest BCUT2D eigenvalue weighted by molar-refractivity contribution is 0.0691. The number of carboxylic acids is 1. The van der Waals surface area contributed by atoms with Gasteiger partial charge in [-0.15, -0.1) is 0 Å². The minimum Gasteiger partial charge on any atom is -0.476 e. The summed E-state index contributed by atoms with van der Waals surface area (Å²) >= 11 is 5.69. The van der Waals surface area contributed by atoms with Crippen LogP contribution in [-0.2, 0) is 9.84 Å². The normalized spacial score (nSPS) is 21.7. The molecule has 1 unspecified atom stereocenters. The van der Waals surface area contributed by atoms with Crippen molar-refractivity contribution in [3.8, 4) is 0 Å². The maximum absolute atomic E-state index is 11.3. The van der Waals surface area contributed by atoms with Gasteiger partial charge in [-0.2, -0.15) is 0 Å². The van der Waals surface area contributed by atoms with E-state index in [1.165, 1.54) is 12.1 Å². The van der Waals surface area contributed by atoms with Crippen molar-refractivity contribution < 1.29 is 18.3 Å². The maximum Gasteiger partial charge on any atom is 0.356 e. The largest absolute Gasteiger partial charge is 0.476 e. The van der Waals surface area contributed by atoms with E-state index in [9.17, 15) is 13.2 Å². The standard InChI is InChI=1S/C10H11ClN2O4S/c11-7-1-2-8(13-9(7)10(14)15)12-6-3-4-18(16,17)5-6/h1-2,6H,3-5H2,(H,12,13)(H,14,15). The molecule has 2 N–H and O–H groups in total. The predicted molar refractivity (Wildman–Crippen MR) is 66.9 cm³/mol. The summed E-state index contributed by atoms with van der Waals surface area (Å²) in [6, 6.07) is 2.72. The molecule has 1 aromatic rings. The number of aromatic nitrogens is 1. The van der Waals surface area contributed by atoms with Crippen LogP contribution in [0.3, 0.4) is 0 Å². The summed E-state index contributed by atoms with van der Waals surface area (Å²) in [6.07, 6.45) is 0.495. The van der Waals surface area contributed by atoms with Crippen LogP contribution in [0.1, 0.15) is 16.9 Å².